The van der Waals surface area contributed by atoms with E-state index in [9.17, 15) is 10.2 Å². The molecule has 2 aliphatic heterocycles. The summed E-state index contributed by atoms with van der Waals surface area (Å²) < 4.78 is 16.7. The summed E-state index contributed by atoms with van der Waals surface area (Å²) in [6.45, 7) is 0.0929. The molecule has 0 spiro atoms. The average Bonchev–Trinajstić information content (AvgIpc) is 2.79. The fourth-order valence-electron chi connectivity index (χ4n) is 2.98. The Morgan fingerprint density at radius 2 is 2.05 bits per heavy atom. The van der Waals surface area contributed by atoms with Crippen LogP contribution in [0.25, 0.3) is 0 Å². The van der Waals surface area contributed by atoms with Crippen LogP contribution in [0.5, 0.6) is 23.0 Å². The number of rotatable bonds is 1. The molecule has 2 heterocycles. The lowest BCUT2D eigenvalue weighted by Crippen LogP contribution is -2.41. The van der Waals surface area contributed by atoms with Crippen molar-refractivity contribution in [3.05, 3.63) is 47.5 Å². The molecule has 21 heavy (non-hydrogen) atoms. The van der Waals surface area contributed by atoms with Gasteiger partial charge in [-0.25, -0.2) is 0 Å². The Bertz CT molecular complexity index is 727. The predicted octanol–water partition coefficient (Wildman–Crippen LogP) is 2.11. The molecular weight excluding hydrogens is 272 g/mol. The lowest BCUT2D eigenvalue weighted by molar-refractivity contribution is -0.0864. The smallest absolute Gasteiger partial charge is 0.168 e. The van der Waals surface area contributed by atoms with Crippen molar-refractivity contribution in [1.82, 2.24) is 0 Å². The summed E-state index contributed by atoms with van der Waals surface area (Å²) in [5.74, 6) is 1.91. The molecule has 0 amide bonds. The molecule has 2 aromatic carbocycles. The van der Waals surface area contributed by atoms with Crippen molar-refractivity contribution >= 4 is 0 Å². The van der Waals surface area contributed by atoms with E-state index in [0.717, 1.165) is 5.56 Å². The van der Waals surface area contributed by atoms with Crippen LogP contribution in [0.4, 0.5) is 0 Å². The summed E-state index contributed by atoms with van der Waals surface area (Å²) in [5, 5.41) is 20.5. The van der Waals surface area contributed by atoms with Gasteiger partial charge in [0, 0.05) is 23.3 Å². The van der Waals surface area contributed by atoms with Crippen LogP contribution < -0.4 is 14.2 Å². The molecule has 2 aliphatic rings. The lowest BCUT2D eigenvalue weighted by atomic mass is 9.85. The minimum atomic E-state index is -1.25. The van der Waals surface area contributed by atoms with Crippen molar-refractivity contribution in [3.8, 4) is 23.0 Å². The van der Waals surface area contributed by atoms with Gasteiger partial charge in [0.15, 0.2) is 11.7 Å². The van der Waals surface area contributed by atoms with Crippen LogP contribution in [0.1, 0.15) is 17.2 Å². The van der Waals surface area contributed by atoms with Gasteiger partial charge in [-0.2, -0.15) is 0 Å². The van der Waals surface area contributed by atoms with Gasteiger partial charge in [-0.05, 0) is 24.3 Å². The fourth-order valence-corrected chi connectivity index (χ4v) is 2.98. The van der Waals surface area contributed by atoms with Gasteiger partial charge in [-0.1, -0.05) is 0 Å². The number of phenolic OH excluding ortho intramolecular Hbond substituents is 1. The number of phenols is 1. The molecular formula is C16H14O5. The molecule has 2 unspecified atom stereocenters. The topological polar surface area (TPSA) is 68.2 Å². The molecule has 0 aromatic heterocycles. The van der Waals surface area contributed by atoms with E-state index in [4.69, 9.17) is 14.2 Å². The summed E-state index contributed by atoms with van der Waals surface area (Å²) in [6, 6.07) is 10.1. The molecule has 2 N–H and O–H groups in total. The molecule has 0 saturated heterocycles. The van der Waals surface area contributed by atoms with Crippen LogP contribution in [0.3, 0.4) is 0 Å². The Kier molecular flexibility index (Phi) is 2.38. The second kappa shape index (κ2) is 4.05. The van der Waals surface area contributed by atoms with E-state index >= 15 is 0 Å². The molecule has 0 bridgehead atoms. The Labute approximate surface area is 121 Å². The summed E-state index contributed by atoms with van der Waals surface area (Å²) >= 11 is 0. The van der Waals surface area contributed by atoms with Crippen LogP contribution in [0, 0.1) is 0 Å². The molecule has 2 aromatic rings. The van der Waals surface area contributed by atoms with Gasteiger partial charge >= 0.3 is 0 Å². The van der Waals surface area contributed by atoms with E-state index in [1.165, 1.54) is 12.1 Å². The highest BCUT2D eigenvalue weighted by molar-refractivity contribution is 5.53. The maximum atomic E-state index is 11.0. The molecule has 4 rings (SSSR count). The summed E-state index contributed by atoms with van der Waals surface area (Å²) in [4.78, 5) is 0. The highest BCUT2D eigenvalue weighted by Crippen LogP contribution is 2.54. The number of fused-ring (bicyclic) bond motifs is 5. The second-order valence-electron chi connectivity index (χ2n) is 5.30. The minimum absolute atomic E-state index is 0.0929. The molecule has 2 atom stereocenters. The highest BCUT2D eigenvalue weighted by Gasteiger charge is 2.52. The lowest BCUT2D eigenvalue weighted by Gasteiger charge is -2.34. The Hall–Kier alpha value is -2.40. The number of ether oxygens (including phenoxy) is 3. The van der Waals surface area contributed by atoms with Gasteiger partial charge in [0.05, 0.1) is 7.11 Å². The van der Waals surface area contributed by atoms with Crippen molar-refractivity contribution in [3.63, 3.8) is 0 Å². The van der Waals surface area contributed by atoms with E-state index in [2.05, 4.69) is 0 Å². The van der Waals surface area contributed by atoms with Gasteiger partial charge in [0.25, 0.3) is 0 Å². The predicted molar refractivity (Wildman–Crippen MR) is 73.9 cm³/mol. The quantitative estimate of drug-likeness (QED) is 0.840. The monoisotopic (exact) mass is 286 g/mol. The van der Waals surface area contributed by atoms with E-state index in [-0.39, 0.29) is 12.4 Å². The average molecular weight is 286 g/mol. The van der Waals surface area contributed by atoms with Crippen LogP contribution in [-0.4, -0.2) is 23.9 Å². The van der Waals surface area contributed by atoms with E-state index < -0.39 is 11.7 Å². The van der Waals surface area contributed by atoms with Gasteiger partial charge in [0.1, 0.15) is 29.6 Å². The first-order chi connectivity index (χ1) is 10.1. The molecule has 0 fully saturated rings. The van der Waals surface area contributed by atoms with Crippen molar-refractivity contribution in [1.29, 1.82) is 0 Å². The second-order valence-corrected chi connectivity index (χ2v) is 5.30. The minimum Gasteiger partial charge on any atom is -0.508 e. The van der Waals surface area contributed by atoms with Crippen LogP contribution in [0.15, 0.2) is 36.4 Å². The zero-order valence-corrected chi connectivity index (χ0v) is 11.4. The number of benzene rings is 2. The first kappa shape index (κ1) is 12.3. The number of aliphatic hydroxyl groups is 1. The molecule has 0 saturated carbocycles. The summed E-state index contributed by atoms with van der Waals surface area (Å²) in [6.07, 6.45) is -0.552. The van der Waals surface area contributed by atoms with E-state index in [1.807, 2.05) is 6.07 Å². The molecule has 5 nitrogen and oxygen atoms in total. The normalized spacial score (nSPS) is 25.1. The van der Waals surface area contributed by atoms with Crippen molar-refractivity contribution in [2.75, 3.05) is 13.7 Å². The van der Waals surface area contributed by atoms with E-state index in [1.54, 1.807) is 25.3 Å². The number of methoxy groups -OCH3 is 1. The first-order valence-corrected chi connectivity index (χ1v) is 6.65. The standard InChI is InChI=1S/C16H14O5/c1-19-10-3-4-11-13(7-10)20-8-16(18)12-5-2-9(17)6-14(12)21-15(11)16/h2-7,15,17-18H,8H2,1H3. The maximum absolute atomic E-state index is 11.0. The third-order valence-corrected chi connectivity index (χ3v) is 4.06. The molecule has 108 valence electrons. The van der Waals surface area contributed by atoms with E-state index in [0.29, 0.717) is 22.8 Å². The molecule has 0 aliphatic carbocycles. The van der Waals surface area contributed by atoms with Crippen molar-refractivity contribution in [2.45, 2.75) is 11.7 Å². The van der Waals surface area contributed by atoms with Gasteiger partial charge < -0.3 is 24.4 Å². The van der Waals surface area contributed by atoms with Crippen molar-refractivity contribution in [2.24, 2.45) is 0 Å². The largest absolute Gasteiger partial charge is 0.508 e. The van der Waals surface area contributed by atoms with Gasteiger partial charge in [0.2, 0.25) is 0 Å². The Balaban J connectivity index is 1.84. The zero-order chi connectivity index (χ0) is 14.6. The molecule has 0 radical (unpaired) electrons. The Morgan fingerprint density at radius 3 is 2.86 bits per heavy atom. The SMILES string of the molecule is COc1ccc2c(c1)OCC1(O)c3ccc(O)cc3OC21. The molecule has 5 heteroatoms. The van der Waals surface area contributed by atoms with Crippen LogP contribution >= 0.6 is 0 Å². The maximum Gasteiger partial charge on any atom is 0.168 e. The summed E-state index contributed by atoms with van der Waals surface area (Å²) in [7, 11) is 1.59. The first-order valence-electron chi connectivity index (χ1n) is 6.65. The van der Waals surface area contributed by atoms with Gasteiger partial charge in [-0.3, -0.25) is 0 Å². The number of hydrogen-bond acceptors (Lipinski definition) is 5. The zero-order valence-electron chi connectivity index (χ0n) is 11.4. The van der Waals surface area contributed by atoms with Gasteiger partial charge in [-0.15, -0.1) is 0 Å². The third-order valence-electron chi connectivity index (χ3n) is 4.06. The highest BCUT2D eigenvalue weighted by atomic mass is 16.5. The third kappa shape index (κ3) is 1.61. The number of hydrogen-bond donors (Lipinski definition) is 2. The van der Waals surface area contributed by atoms with Crippen LogP contribution in [0.2, 0.25) is 0 Å². The summed E-state index contributed by atoms with van der Waals surface area (Å²) in [5.41, 5.74) is 0.150. The number of aromatic hydroxyl groups is 1. The van der Waals surface area contributed by atoms with Crippen molar-refractivity contribution < 1.29 is 24.4 Å². The Morgan fingerprint density at radius 1 is 1.19 bits per heavy atom. The van der Waals surface area contributed by atoms with Crippen LogP contribution in [-0.2, 0) is 5.60 Å². The fraction of sp³-hybridized carbons (Fsp3) is 0.250.